The SMILES string of the molecule is Cc1cc(Br)cc(NCC(F)(F)c2ccccc2)c1. The van der Waals surface area contributed by atoms with Gasteiger partial charge in [0, 0.05) is 15.7 Å². The maximum absolute atomic E-state index is 14.0. The lowest BCUT2D eigenvalue weighted by Crippen LogP contribution is -2.24. The van der Waals surface area contributed by atoms with Gasteiger partial charge < -0.3 is 5.32 Å². The molecule has 19 heavy (non-hydrogen) atoms. The number of hydrogen-bond donors (Lipinski definition) is 1. The highest BCUT2D eigenvalue weighted by Gasteiger charge is 2.30. The van der Waals surface area contributed by atoms with E-state index in [4.69, 9.17) is 0 Å². The Morgan fingerprint density at radius 2 is 1.79 bits per heavy atom. The molecule has 0 radical (unpaired) electrons. The summed E-state index contributed by atoms with van der Waals surface area (Å²) in [6, 6.07) is 13.4. The monoisotopic (exact) mass is 325 g/mol. The van der Waals surface area contributed by atoms with Gasteiger partial charge in [-0.05, 0) is 30.7 Å². The molecule has 2 aromatic rings. The molecule has 0 saturated carbocycles. The molecule has 0 heterocycles. The second kappa shape index (κ2) is 5.70. The van der Waals surface area contributed by atoms with E-state index >= 15 is 0 Å². The zero-order valence-corrected chi connectivity index (χ0v) is 12.0. The van der Waals surface area contributed by atoms with E-state index < -0.39 is 12.5 Å². The molecule has 1 nitrogen and oxygen atoms in total. The largest absolute Gasteiger partial charge is 0.379 e. The third-order valence-corrected chi connectivity index (χ3v) is 3.21. The van der Waals surface area contributed by atoms with E-state index in [1.807, 2.05) is 19.1 Å². The van der Waals surface area contributed by atoms with Gasteiger partial charge in [0.25, 0.3) is 5.92 Å². The topological polar surface area (TPSA) is 12.0 Å². The Bertz CT molecular complexity index is 535. The van der Waals surface area contributed by atoms with E-state index in [0.717, 1.165) is 10.0 Å². The smallest absolute Gasteiger partial charge is 0.290 e. The van der Waals surface area contributed by atoms with Crippen LogP contribution in [0.5, 0.6) is 0 Å². The second-order valence-electron chi connectivity index (χ2n) is 4.44. The molecule has 0 aliphatic rings. The first-order chi connectivity index (χ1) is 8.97. The van der Waals surface area contributed by atoms with Crippen molar-refractivity contribution in [3.63, 3.8) is 0 Å². The molecule has 0 aromatic heterocycles. The molecule has 0 saturated heterocycles. The first kappa shape index (κ1) is 14.0. The Balaban J connectivity index is 2.09. The average molecular weight is 326 g/mol. The van der Waals surface area contributed by atoms with Crippen LogP contribution in [0, 0.1) is 6.92 Å². The van der Waals surface area contributed by atoms with E-state index in [1.165, 1.54) is 12.1 Å². The normalized spacial score (nSPS) is 11.4. The van der Waals surface area contributed by atoms with Crippen LogP contribution < -0.4 is 5.32 Å². The van der Waals surface area contributed by atoms with Crippen molar-refractivity contribution in [3.8, 4) is 0 Å². The highest BCUT2D eigenvalue weighted by Crippen LogP contribution is 2.28. The van der Waals surface area contributed by atoms with Crippen LogP contribution in [0.15, 0.2) is 53.0 Å². The van der Waals surface area contributed by atoms with E-state index in [9.17, 15) is 8.78 Å². The molecule has 0 aliphatic carbocycles. The number of alkyl halides is 2. The third kappa shape index (κ3) is 3.77. The van der Waals surface area contributed by atoms with Crippen LogP contribution in [0.2, 0.25) is 0 Å². The van der Waals surface area contributed by atoms with Gasteiger partial charge in [0.1, 0.15) is 0 Å². The Morgan fingerprint density at radius 1 is 1.11 bits per heavy atom. The van der Waals surface area contributed by atoms with Crippen molar-refractivity contribution in [1.82, 2.24) is 0 Å². The van der Waals surface area contributed by atoms with Gasteiger partial charge in [-0.15, -0.1) is 0 Å². The zero-order valence-electron chi connectivity index (χ0n) is 10.5. The van der Waals surface area contributed by atoms with Crippen LogP contribution in [0.3, 0.4) is 0 Å². The summed E-state index contributed by atoms with van der Waals surface area (Å²) in [5.74, 6) is -2.89. The molecular weight excluding hydrogens is 312 g/mol. The summed E-state index contributed by atoms with van der Waals surface area (Å²) in [6.07, 6.45) is 0. The summed E-state index contributed by atoms with van der Waals surface area (Å²) in [4.78, 5) is 0. The molecule has 0 aliphatic heterocycles. The summed E-state index contributed by atoms with van der Waals surface area (Å²) in [6.45, 7) is 1.50. The van der Waals surface area contributed by atoms with Crippen molar-refractivity contribution in [3.05, 3.63) is 64.1 Å². The van der Waals surface area contributed by atoms with Crippen molar-refractivity contribution < 1.29 is 8.78 Å². The summed E-state index contributed by atoms with van der Waals surface area (Å²) < 4.78 is 28.8. The third-order valence-electron chi connectivity index (χ3n) is 2.75. The van der Waals surface area contributed by atoms with E-state index in [-0.39, 0.29) is 5.56 Å². The van der Waals surface area contributed by atoms with Gasteiger partial charge >= 0.3 is 0 Å². The number of aryl methyl sites for hydroxylation is 1. The quantitative estimate of drug-likeness (QED) is 0.837. The van der Waals surface area contributed by atoms with Crippen molar-refractivity contribution in [2.24, 2.45) is 0 Å². The maximum atomic E-state index is 14.0. The maximum Gasteiger partial charge on any atom is 0.290 e. The predicted molar refractivity (Wildman–Crippen MR) is 77.7 cm³/mol. The van der Waals surface area contributed by atoms with E-state index in [0.29, 0.717) is 5.69 Å². The lowest BCUT2D eigenvalue weighted by atomic mass is 10.1. The van der Waals surface area contributed by atoms with Crippen LogP contribution in [0.1, 0.15) is 11.1 Å². The molecule has 2 rings (SSSR count). The van der Waals surface area contributed by atoms with Gasteiger partial charge in [-0.1, -0.05) is 46.3 Å². The lowest BCUT2D eigenvalue weighted by molar-refractivity contribution is 0.0106. The summed E-state index contributed by atoms with van der Waals surface area (Å²) in [5, 5.41) is 2.79. The van der Waals surface area contributed by atoms with Gasteiger partial charge in [0.15, 0.2) is 0 Å². The molecular formula is C15H14BrF2N. The molecule has 0 unspecified atom stereocenters. The fourth-order valence-corrected chi connectivity index (χ4v) is 2.44. The zero-order chi connectivity index (χ0) is 13.9. The number of nitrogens with one attached hydrogen (secondary N) is 1. The number of hydrogen-bond acceptors (Lipinski definition) is 1. The van der Waals surface area contributed by atoms with Crippen LogP contribution in [-0.2, 0) is 5.92 Å². The Kier molecular flexibility index (Phi) is 4.20. The fraction of sp³-hybridized carbons (Fsp3) is 0.200. The first-order valence-electron chi connectivity index (χ1n) is 5.92. The molecule has 0 bridgehead atoms. The van der Waals surface area contributed by atoms with Gasteiger partial charge in [0.05, 0.1) is 6.54 Å². The lowest BCUT2D eigenvalue weighted by Gasteiger charge is -2.18. The van der Waals surface area contributed by atoms with E-state index in [2.05, 4.69) is 21.2 Å². The first-order valence-corrected chi connectivity index (χ1v) is 6.71. The minimum atomic E-state index is -2.89. The van der Waals surface area contributed by atoms with Crippen LogP contribution in [0.25, 0.3) is 0 Å². The van der Waals surface area contributed by atoms with Gasteiger partial charge in [-0.25, -0.2) is 0 Å². The molecule has 0 spiro atoms. The van der Waals surface area contributed by atoms with Crippen LogP contribution in [-0.4, -0.2) is 6.54 Å². The number of anilines is 1. The number of rotatable bonds is 4. The Labute approximate surface area is 119 Å². The van der Waals surface area contributed by atoms with Gasteiger partial charge in [-0.2, -0.15) is 8.78 Å². The van der Waals surface area contributed by atoms with Crippen LogP contribution >= 0.6 is 15.9 Å². The second-order valence-corrected chi connectivity index (χ2v) is 5.36. The van der Waals surface area contributed by atoms with Crippen molar-refractivity contribution >= 4 is 21.6 Å². The number of halogens is 3. The molecule has 4 heteroatoms. The average Bonchev–Trinajstić information content (AvgIpc) is 2.37. The molecule has 100 valence electrons. The predicted octanol–water partition coefficient (Wildman–Crippen LogP) is 4.96. The van der Waals surface area contributed by atoms with Crippen molar-refractivity contribution in [2.45, 2.75) is 12.8 Å². The molecule has 0 atom stereocenters. The van der Waals surface area contributed by atoms with Crippen molar-refractivity contribution in [1.29, 1.82) is 0 Å². The standard InChI is InChI=1S/C15H14BrF2N/c1-11-7-13(16)9-14(8-11)19-10-15(17,18)12-5-3-2-4-6-12/h2-9,19H,10H2,1H3. The van der Waals surface area contributed by atoms with Crippen molar-refractivity contribution in [2.75, 3.05) is 11.9 Å². The molecule has 2 aromatic carbocycles. The minimum absolute atomic E-state index is 0.0224. The summed E-state index contributed by atoms with van der Waals surface area (Å²) in [5.41, 5.74) is 1.72. The van der Waals surface area contributed by atoms with Gasteiger partial charge in [-0.3, -0.25) is 0 Å². The van der Waals surface area contributed by atoms with E-state index in [1.54, 1.807) is 24.3 Å². The Morgan fingerprint density at radius 3 is 2.42 bits per heavy atom. The fourth-order valence-electron chi connectivity index (χ4n) is 1.84. The summed E-state index contributed by atoms with van der Waals surface area (Å²) >= 11 is 3.35. The number of benzene rings is 2. The minimum Gasteiger partial charge on any atom is -0.379 e. The highest BCUT2D eigenvalue weighted by molar-refractivity contribution is 9.10. The molecule has 0 amide bonds. The Hall–Kier alpha value is -1.42. The van der Waals surface area contributed by atoms with Crippen LogP contribution in [0.4, 0.5) is 14.5 Å². The van der Waals surface area contributed by atoms with Gasteiger partial charge in [0.2, 0.25) is 0 Å². The molecule has 0 fully saturated rings. The summed E-state index contributed by atoms with van der Waals surface area (Å²) in [7, 11) is 0. The highest BCUT2D eigenvalue weighted by atomic mass is 79.9. The molecule has 1 N–H and O–H groups in total.